The molecule has 0 spiro atoms. The van der Waals surface area contributed by atoms with Gasteiger partial charge < -0.3 is 8.98 Å². The number of pyridine rings is 1. The van der Waals surface area contributed by atoms with E-state index in [-0.39, 0.29) is 4.90 Å². The van der Waals surface area contributed by atoms with Crippen molar-refractivity contribution >= 4 is 32.0 Å². The minimum Gasteiger partial charge on any atom is -0.453 e. The Morgan fingerprint density at radius 1 is 1.11 bits per heavy atom. The standard InChI is InChI=1S/C20H22N4O3S/c1-4-23(5-2)28(25,26)15-7-8-17-16(12-15)22-20(24(17)6-3)19-11-14-13-21-10-9-18(14)27-19/h7-13H,4-6H2,1-3H3. The summed E-state index contributed by atoms with van der Waals surface area (Å²) in [4.78, 5) is 9.07. The van der Waals surface area contributed by atoms with Crippen LogP contribution in [0.15, 0.2) is 52.0 Å². The van der Waals surface area contributed by atoms with Crippen molar-refractivity contribution in [1.29, 1.82) is 0 Å². The number of imidazole rings is 1. The molecule has 0 aliphatic heterocycles. The fourth-order valence-corrected chi connectivity index (χ4v) is 4.96. The average Bonchev–Trinajstić information content (AvgIpc) is 3.28. The first kappa shape index (κ1) is 18.6. The van der Waals surface area contributed by atoms with Crippen molar-refractivity contribution in [3.63, 3.8) is 0 Å². The van der Waals surface area contributed by atoms with Gasteiger partial charge in [-0.25, -0.2) is 13.4 Å². The molecule has 146 valence electrons. The molecule has 1 aromatic carbocycles. The van der Waals surface area contributed by atoms with Crippen LogP contribution in [0.5, 0.6) is 0 Å². The number of furan rings is 1. The lowest BCUT2D eigenvalue weighted by Gasteiger charge is -2.18. The Kier molecular flexibility index (Phi) is 4.68. The van der Waals surface area contributed by atoms with Crippen LogP contribution in [0.1, 0.15) is 20.8 Å². The Labute approximate surface area is 163 Å². The van der Waals surface area contributed by atoms with Crippen molar-refractivity contribution in [3.8, 4) is 11.6 Å². The fraction of sp³-hybridized carbons (Fsp3) is 0.300. The van der Waals surface area contributed by atoms with E-state index in [4.69, 9.17) is 9.40 Å². The highest BCUT2D eigenvalue weighted by molar-refractivity contribution is 7.89. The first-order valence-corrected chi connectivity index (χ1v) is 10.8. The molecule has 3 aromatic heterocycles. The first-order chi connectivity index (χ1) is 13.5. The smallest absolute Gasteiger partial charge is 0.243 e. The highest BCUT2D eigenvalue weighted by Gasteiger charge is 2.23. The second-order valence-corrected chi connectivity index (χ2v) is 8.38. The Balaban J connectivity index is 1.88. The molecule has 8 heteroatoms. The lowest BCUT2D eigenvalue weighted by Crippen LogP contribution is -2.30. The highest BCUT2D eigenvalue weighted by Crippen LogP contribution is 2.31. The predicted octanol–water partition coefficient (Wildman–Crippen LogP) is 3.89. The summed E-state index contributed by atoms with van der Waals surface area (Å²) < 4.78 is 35.1. The predicted molar refractivity (Wildman–Crippen MR) is 109 cm³/mol. The molecule has 3 heterocycles. The zero-order valence-electron chi connectivity index (χ0n) is 16.1. The number of rotatable bonds is 6. The lowest BCUT2D eigenvalue weighted by molar-refractivity contribution is 0.445. The van der Waals surface area contributed by atoms with E-state index in [2.05, 4.69) is 4.98 Å². The van der Waals surface area contributed by atoms with Gasteiger partial charge in [0, 0.05) is 37.4 Å². The number of fused-ring (bicyclic) bond motifs is 2. The fourth-order valence-electron chi connectivity index (χ4n) is 3.49. The molecule has 0 fully saturated rings. The topological polar surface area (TPSA) is 81.2 Å². The summed E-state index contributed by atoms with van der Waals surface area (Å²) in [7, 11) is -3.54. The van der Waals surface area contributed by atoms with Gasteiger partial charge in [0.25, 0.3) is 0 Å². The molecule has 0 atom stereocenters. The van der Waals surface area contributed by atoms with Crippen LogP contribution in [-0.2, 0) is 16.6 Å². The number of sulfonamides is 1. The summed E-state index contributed by atoms with van der Waals surface area (Å²) in [5, 5.41) is 0.900. The number of hydrogen-bond donors (Lipinski definition) is 0. The van der Waals surface area contributed by atoms with E-state index in [1.165, 1.54) is 4.31 Å². The van der Waals surface area contributed by atoms with Crippen LogP contribution in [0.3, 0.4) is 0 Å². The third-order valence-electron chi connectivity index (χ3n) is 4.92. The summed E-state index contributed by atoms with van der Waals surface area (Å²) >= 11 is 0. The van der Waals surface area contributed by atoms with Gasteiger partial charge in [-0.1, -0.05) is 13.8 Å². The Morgan fingerprint density at radius 2 is 1.89 bits per heavy atom. The number of nitrogens with zero attached hydrogens (tertiary/aromatic N) is 4. The maximum atomic E-state index is 12.9. The van der Waals surface area contributed by atoms with E-state index in [1.807, 2.05) is 43.5 Å². The van der Waals surface area contributed by atoms with E-state index in [1.54, 1.807) is 24.5 Å². The first-order valence-electron chi connectivity index (χ1n) is 9.34. The molecule has 0 N–H and O–H groups in total. The zero-order chi connectivity index (χ0) is 19.9. The van der Waals surface area contributed by atoms with Gasteiger partial charge in [0.2, 0.25) is 10.0 Å². The molecule has 28 heavy (non-hydrogen) atoms. The molecule has 0 saturated heterocycles. The van der Waals surface area contributed by atoms with Crippen molar-refractivity contribution in [3.05, 3.63) is 42.7 Å². The van der Waals surface area contributed by atoms with Crippen LogP contribution in [-0.4, -0.2) is 40.3 Å². The van der Waals surface area contributed by atoms with Crippen LogP contribution in [0.25, 0.3) is 33.6 Å². The summed E-state index contributed by atoms with van der Waals surface area (Å²) in [6, 6.07) is 8.82. The molecule has 4 rings (SSSR count). The summed E-state index contributed by atoms with van der Waals surface area (Å²) in [5.74, 6) is 1.31. The van der Waals surface area contributed by atoms with E-state index >= 15 is 0 Å². The van der Waals surface area contributed by atoms with Crippen LogP contribution >= 0.6 is 0 Å². The molecular formula is C20H22N4O3S. The van der Waals surface area contributed by atoms with Crippen molar-refractivity contribution in [2.75, 3.05) is 13.1 Å². The minimum absolute atomic E-state index is 0.254. The van der Waals surface area contributed by atoms with Gasteiger partial charge in [-0.3, -0.25) is 4.98 Å². The Bertz CT molecular complexity index is 1220. The molecule has 0 radical (unpaired) electrons. The normalized spacial score (nSPS) is 12.4. The molecule has 0 aliphatic rings. The van der Waals surface area contributed by atoms with E-state index in [0.717, 1.165) is 16.5 Å². The van der Waals surface area contributed by atoms with Gasteiger partial charge in [-0.15, -0.1) is 0 Å². The summed E-state index contributed by atoms with van der Waals surface area (Å²) in [6.45, 7) is 7.23. The molecule has 0 saturated carbocycles. The number of aromatic nitrogens is 3. The number of hydrogen-bond acceptors (Lipinski definition) is 5. The third kappa shape index (κ3) is 2.89. The summed E-state index contributed by atoms with van der Waals surface area (Å²) in [5.41, 5.74) is 2.24. The number of aryl methyl sites for hydroxylation is 1. The second kappa shape index (κ2) is 7.03. The molecule has 4 aromatic rings. The van der Waals surface area contributed by atoms with Crippen LogP contribution in [0.2, 0.25) is 0 Å². The maximum Gasteiger partial charge on any atom is 0.243 e. The van der Waals surface area contributed by atoms with Crippen molar-refractivity contribution in [1.82, 2.24) is 18.8 Å². The van der Waals surface area contributed by atoms with E-state index in [0.29, 0.717) is 36.7 Å². The van der Waals surface area contributed by atoms with Crippen molar-refractivity contribution in [2.45, 2.75) is 32.2 Å². The van der Waals surface area contributed by atoms with Gasteiger partial charge in [0.15, 0.2) is 11.6 Å². The van der Waals surface area contributed by atoms with E-state index < -0.39 is 10.0 Å². The van der Waals surface area contributed by atoms with Crippen LogP contribution in [0, 0.1) is 0 Å². The Hall–Kier alpha value is -2.71. The Morgan fingerprint density at radius 3 is 2.57 bits per heavy atom. The minimum atomic E-state index is -3.54. The molecular weight excluding hydrogens is 376 g/mol. The lowest BCUT2D eigenvalue weighted by atomic mass is 10.3. The average molecular weight is 398 g/mol. The molecule has 0 aliphatic carbocycles. The maximum absolute atomic E-state index is 12.9. The zero-order valence-corrected chi connectivity index (χ0v) is 16.9. The van der Waals surface area contributed by atoms with Gasteiger partial charge in [0.05, 0.1) is 15.9 Å². The largest absolute Gasteiger partial charge is 0.453 e. The van der Waals surface area contributed by atoms with Gasteiger partial charge in [0.1, 0.15) is 5.58 Å². The number of benzene rings is 1. The third-order valence-corrected chi connectivity index (χ3v) is 6.96. The highest BCUT2D eigenvalue weighted by atomic mass is 32.2. The quantitative estimate of drug-likeness (QED) is 0.492. The monoisotopic (exact) mass is 398 g/mol. The van der Waals surface area contributed by atoms with Crippen LogP contribution in [0.4, 0.5) is 0 Å². The summed E-state index contributed by atoms with van der Waals surface area (Å²) in [6.07, 6.45) is 3.43. The van der Waals surface area contributed by atoms with Gasteiger partial charge in [-0.2, -0.15) is 4.31 Å². The SMILES string of the molecule is CCN(CC)S(=O)(=O)c1ccc2c(c1)nc(-c1cc3cnccc3o1)n2CC. The molecule has 0 amide bonds. The van der Waals surface area contributed by atoms with Crippen LogP contribution < -0.4 is 0 Å². The van der Waals surface area contributed by atoms with Gasteiger partial charge in [-0.05, 0) is 37.3 Å². The van der Waals surface area contributed by atoms with Gasteiger partial charge >= 0.3 is 0 Å². The van der Waals surface area contributed by atoms with E-state index in [9.17, 15) is 8.42 Å². The molecule has 0 bridgehead atoms. The van der Waals surface area contributed by atoms with Crippen molar-refractivity contribution < 1.29 is 12.8 Å². The molecule has 7 nitrogen and oxygen atoms in total. The molecule has 0 unspecified atom stereocenters. The second-order valence-electron chi connectivity index (χ2n) is 6.44. The van der Waals surface area contributed by atoms with Crippen molar-refractivity contribution in [2.24, 2.45) is 0 Å².